The van der Waals surface area contributed by atoms with Gasteiger partial charge in [-0.3, -0.25) is 4.99 Å². The number of aliphatic imine (C=N–C) groups is 1. The summed E-state index contributed by atoms with van der Waals surface area (Å²) in [4.78, 5) is 8.81. The van der Waals surface area contributed by atoms with Crippen molar-refractivity contribution in [2.75, 3.05) is 19.8 Å². The molecule has 4 nitrogen and oxygen atoms in total. The minimum absolute atomic E-state index is 0.190. The highest BCUT2D eigenvalue weighted by molar-refractivity contribution is 7.97. The minimum atomic E-state index is -0.190. The molecule has 0 amide bonds. The first-order valence-corrected chi connectivity index (χ1v) is 10.6. The van der Waals surface area contributed by atoms with E-state index in [1.165, 1.54) is 11.1 Å². The number of benzene rings is 1. The van der Waals surface area contributed by atoms with E-state index >= 15 is 0 Å². The van der Waals surface area contributed by atoms with Crippen LogP contribution in [0.2, 0.25) is 0 Å². The molecule has 1 aromatic carbocycles. The van der Waals surface area contributed by atoms with Crippen molar-refractivity contribution in [2.45, 2.75) is 32.1 Å². The fraction of sp³-hybridized carbons (Fsp3) is 0.444. The number of thioether (sulfide) groups is 1. The Kier molecular flexibility index (Phi) is 8.21. The minimum Gasteiger partial charge on any atom is -0.356 e. The van der Waals surface area contributed by atoms with E-state index in [1.807, 2.05) is 12.3 Å². The quantitative estimate of drug-likeness (QED) is 0.542. The second-order valence-electron chi connectivity index (χ2n) is 5.53. The number of aromatic nitrogens is 1. The van der Waals surface area contributed by atoms with E-state index in [9.17, 15) is 4.39 Å². The molecule has 2 aromatic rings. The molecule has 0 saturated heterocycles. The first-order chi connectivity index (χ1) is 12.2. The van der Waals surface area contributed by atoms with E-state index in [2.05, 4.69) is 32.9 Å². The summed E-state index contributed by atoms with van der Waals surface area (Å²) < 4.78 is 13.4. The second-order valence-corrected chi connectivity index (χ2v) is 7.34. The van der Waals surface area contributed by atoms with Crippen LogP contribution in [0.15, 0.2) is 28.6 Å². The van der Waals surface area contributed by atoms with Crippen molar-refractivity contribution in [3.05, 3.63) is 51.2 Å². The smallest absolute Gasteiger partial charge is 0.191 e. The SMILES string of the molecule is CCc1nc(CCNC(=NC)NCc2ccc(F)cc2CSC)cs1. The van der Waals surface area contributed by atoms with Gasteiger partial charge in [0.05, 0.1) is 10.7 Å². The molecule has 0 aliphatic carbocycles. The Morgan fingerprint density at radius 3 is 2.84 bits per heavy atom. The molecule has 0 aliphatic heterocycles. The van der Waals surface area contributed by atoms with E-state index in [1.54, 1.807) is 36.2 Å². The van der Waals surface area contributed by atoms with Crippen molar-refractivity contribution >= 4 is 29.1 Å². The molecule has 0 saturated carbocycles. The molecule has 136 valence electrons. The van der Waals surface area contributed by atoms with Crippen molar-refractivity contribution in [3.63, 3.8) is 0 Å². The monoisotopic (exact) mass is 380 g/mol. The Labute approximate surface area is 157 Å². The first kappa shape index (κ1) is 19.7. The average Bonchev–Trinajstić information content (AvgIpc) is 3.07. The van der Waals surface area contributed by atoms with E-state index in [-0.39, 0.29) is 5.82 Å². The summed E-state index contributed by atoms with van der Waals surface area (Å²) in [6.45, 7) is 3.51. The zero-order chi connectivity index (χ0) is 18.1. The lowest BCUT2D eigenvalue weighted by Crippen LogP contribution is -2.38. The number of rotatable bonds is 8. The Balaban J connectivity index is 1.84. The summed E-state index contributed by atoms with van der Waals surface area (Å²) in [5.74, 6) is 1.35. The molecule has 0 unspecified atom stereocenters. The molecule has 1 aromatic heterocycles. The number of guanidine groups is 1. The zero-order valence-electron chi connectivity index (χ0n) is 14.9. The largest absolute Gasteiger partial charge is 0.356 e. The summed E-state index contributed by atoms with van der Waals surface area (Å²) in [6, 6.07) is 4.95. The van der Waals surface area contributed by atoms with Gasteiger partial charge >= 0.3 is 0 Å². The van der Waals surface area contributed by atoms with Gasteiger partial charge in [-0.05, 0) is 35.9 Å². The number of thiazole rings is 1. The lowest BCUT2D eigenvalue weighted by atomic mass is 10.1. The Hall–Kier alpha value is -1.60. The van der Waals surface area contributed by atoms with Gasteiger partial charge in [0.15, 0.2) is 5.96 Å². The number of nitrogens with one attached hydrogen (secondary N) is 2. The summed E-state index contributed by atoms with van der Waals surface area (Å²) >= 11 is 3.40. The van der Waals surface area contributed by atoms with Crippen LogP contribution >= 0.6 is 23.1 Å². The predicted octanol–water partition coefficient (Wildman–Crippen LogP) is 3.62. The van der Waals surface area contributed by atoms with Gasteiger partial charge in [0.1, 0.15) is 5.82 Å². The van der Waals surface area contributed by atoms with E-state index in [0.29, 0.717) is 6.54 Å². The Morgan fingerprint density at radius 2 is 2.16 bits per heavy atom. The molecular weight excluding hydrogens is 355 g/mol. The highest BCUT2D eigenvalue weighted by atomic mass is 32.2. The number of nitrogens with zero attached hydrogens (tertiary/aromatic N) is 2. The van der Waals surface area contributed by atoms with Crippen molar-refractivity contribution in [1.82, 2.24) is 15.6 Å². The normalized spacial score (nSPS) is 11.6. The molecule has 0 fully saturated rings. The molecule has 0 radical (unpaired) electrons. The van der Waals surface area contributed by atoms with E-state index in [4.69, 9.17) is 0 Å². The lowest BCUT2D eigenvalue weighted by Gasteiger charge is -2.14. The Morgan fingerprint density at radius 1 is 1.32 bits per heavy atom. The molecule has 2 rings (SSSR count). The topological polar surface area (TPSA) is 49.3 Å². The molecular formula is C18H25FN4S2. The van der Waals surface area contributed by atoms with Crippen LogP contribution in [0, 0.1) is 5.82 Å². The van der Waals surface area contributed by atoms with Gasteiger partial charge in [0.25, 0.3) is 0 Å². The zero-order valence-corrected chi connectivity index (χ0v) is 16.6. The third-order valence-corrected chi connectivity index (χ3v) is 5.36. The molecule has 0 atom stereocenters. The van der Waals surface area contributed by atoms with Crippen LogP contribution < -0.4 is 10.6 Å². The van der Waals surface area contributed by atoms with E-state index in [0.717, 1.165) is 47.9 Å². The van der Waals surface area contributed by atoms with Gasteiger partial charge in [-0.1, -0.05) is 13.0 Å². The van der Waals surface area contributed by atoms with Gasteiger partial charge < -0.3 is 10.6 Å². The standard InChI is InChI=1S/C18H25FN4S2/c1-4-17-23-16(12-25-17)7-8-21-18(20-2)22-10-13-5-6-15(19)9-14(13)11-24-3/h5-6,9,12H,4,7-8,10-11H2,1-3H3,(H2,20,21,22). The maximum atomic E-state index is 13.4. The molecule has 0 bridgehead atoms. The third kappa shape index (κ3) is 6.32. The number of hydrogen-bond acceptors (Lipinski definition) is 4. The number of hydrogen-bond donors (Lipinski definition) is 2. The van der Waals surface area contributed by atoms with Gasteiger partial charge in [0.2, 0.25) is 0 Å². The second kappa shape index (κ2) is 10.4. The maximum Gasteiger partial charge on any atom is 0.191 e. The van der Waals surface area contributed by atoms with Crippen LogP contribution in [0.1, 0.15) is 28.8 Å². The van der Waals surface area contributed by atoms with E-state index < -0.39 is 0 Å². The average molecular weight is 381 g/mol. The van der Waals surface area contributed by atoms with Gasteiger partial charge in [-0.15, -0.1) is 11.3 Å². The van der Waals surface area contributed by atoms with Gasteiger partial charge in [-0.2, -0.15) is 11.8 Å². The van der Waals surface area contributed by atoms with Crippen LogP contribution in [0.3, 0.4) is 0 Å². The summed E-state index contributed by atoms with van der Waals surface area (Å²) in [5.41, 5.74) is 3.22. The van der Waals surface area contributed by atoms with Crippen molar-refractivity contribution in [3.8, 4) is 0 Å². The van der Waals surface area contributed by atoms with Crippen LogP contribution in [0.4, 0.5) is 4.39 Å². The molecule has 7 heteroatoms. The van der Waals surface area contributed by atoms with Gasteiger partial charge in [0, 0.05) is 37.7 Å². The fourth-order valence-electron chi connectivity index (χ4n) is 2.39. The Bertz CT molecular complexity index is 700. The van der Waals surface area contributed by atoms with Crippen LogP contribution in [0.5, 0.6) is 0 Å². The van der Waals surface area contributed by atoms with Crippen LogP contribution in [-0.4, -0.2) is 30.8 Å². The fourth-order valence-corrected chi connectivity index (χ4v) is 3.75. The highest BCUT2D eigenvalue weighted by Gasteiger charge is 2.06. The number of aryl methyl sites for hydroxylation is 1. The van der Waals surface area contributed by atoms with Crippen molar-refractivity contribution < 1.29 is 4.39 Å². The summed E-state index contributed by atoms with van der Waals surface area (Å²) in [5, 5.41) is 9.89. The first-order valence-electron chi connectivity index (χ1n) is 8.30. The maximum absolute atomic E-state index is 13.4. The molecule has 25 heavy (non-hydrogen) atoms. The molecule has 1 heterocycles. The molecule has 0 spiro atoms. The summed E-state index contributed by atoms with van der Waals surface area (Å²) in [6.07, 6.45) is 3.87. The van der Waals surface area contributed by atoms with Gasteiger partial charge in [-0.25, -0.2) is 9.37 Å². The predicted molar refractivity (Wildman–Crippen MR) is 107 cm³/mol. The van der Waals surface area contributed by atoms with Crippen molar-refractivity contribution in [1.29, 1.82) is 0 Å². The van der Waals surface area contributed by atoms with Crippen LogP contribution in [-0.2, 0) is 25.1 Å². The molecule has 2 N–H and O–H groups in total. The highest BCUT2D eigenvalue weighted by Crippen LogP contribution is 2.16. The number of halogens is 1. The van der Waals surface area contributed by atoms with Crippen molar-refractivity contribution in [2.24, 2.45) is 4.99 Å². The summed E-state index contributed by atoms with van der Waals surface area (Å²) in [7, 11) is 1.75. The molecule has 0 aliphatic rings. The lowest BCUT2D eigenvalue weighted by molar-refractivity contribution is 0.625. The van der Waals surface area contributed by atoms with Crippen LogP contribution in [0.25, 0.3) is 0 Å². The third-order valence-electron chi connectivity index (χ3n) is 3.71.